The first kappa shape index (κ1) is 21.9. The van der Waals surface area contributed by atoms with Crippen LogP contribution < -0.4 is 10.1 Å². The lowest BCUT2D eigenvalue weighted by molar-refractivity contribution is -0.115. The number of nitrogens with one attached hydrogen (secondary N) is 1. The fourth-order valence-corrected chi connectivity index (χ4v) is 3.97. The molecule has 0 radical (unpaired) electrons. The van der Waals surface area contributed by atoms with E-state index >= 15 is 0 Å². The Labute approximate surface area is 195 Å². The van der Waals surface area contributed by atoms with Crippen molar-refractivity contribution in [1.29, 1.82) is 0 Å². The van der Waals surface area contributed by atoms with Crippen molar-refractivity contribution in [3.8, 4) is 11.4 Å². The van der Waals surface area contributed by atoms with E-state index in [9.17, 15) is 4.79 Å². The zero-order valence-corrected chi connectivity index (χ0v) is 18.9. The Balaban J connectivity index is 1.34. The number of hydrogen-bond donors (Lipinski definition) is 1. The van der Waals surface area contributed by atoms with Gasteiger partial charge in [0.15, 0.2) is 5.16 Å². The number of aromatic nitrogens is 3. The predicted molar refractivity (Wildman–Crippen MR) is 128 cm³/mol. The van der Waals surface area contributed by atoms with E-state index in [-0.39, 0.29) is 11.2 Å². The highest BCUT2D eigenvalue weighted by molar-refractivity contribution is 8.00. The molecule has 162 valence electrons. The summed E-state index contributed by atoms with van der Waals surface area (Å²) >= 11 is 7.41. The minimum atomic E-state index is -0.383. The summed E-state index contributed by atoms with van der Waals surface area (Å²) in [5.74, 6) is 0.609. The van der Waals surface area contributed by atoms with Crippen molar-refractivity contribution in [2.45, 2.75) is 23.9 Å². The van der Waals surface area contributed by atoms with Crippen molar-refractivity contribution in [2.75, 3.05) is 5.32 Å². The molecule has 1 heterocycles. The number of anilines is 1. The van der Waals surface area contributed by atoms with E-state index in [2.05, 4.69) is 15.5 Å². The van der Waals surface area contributed by atoms with Gasteiger partial charge < -0.3 is 10.1 Å². The van der Waals surface area contributed by atoms with Gasteiger partial charge in [0.25, 0.3) is 0 Å². The van der Waals surface area contributed by atoms with Crippen LogP contribution in [-0.2, 0) is 11.4 Å². The number of carbonyl (C=O) groups is 1. The van der Waals surface area contributed by atoms with Crippen molar-refractivity contribution in [2.24, 2.45) is 0 Å². The van der Waals surface area contributed by atoms with Crippen molar-refractivity contribution >= 4 is 35.0 Å². The Kier molecular flexibility index (Phi) is 7.09. The van der Waals surface area contributed by atoms with Crippen molar-refractivity contribution in [3.63, 3.8) is 0 Å². The summed E-state index contributed by atoms with van der Waals surface area (Å²) in [5, 5.41) is 11.9. The molecule has 1 unspecified atom stereocenters. The smallest absolute Gasteiger partial charge is 0.237 e. The van der Waals surface area contributed by atoms with Gasteiger partial charge in [0.05, 0.1) is 10.9 Å². The van der Waals surface area contributed by atoms with E-state index in [0.29, 0.717) is 22.5 Å². The molecule has 6 nitrogen and oxygen atoms in total. The lowest BCUT2D eigenvalue weighted by Crippen LogP contribution is -2.22. The molecular formula is C24H21ClN4O2S. The van der Waals surface area contributed by atoms with Gasteiger partial charge >= 0.3 is 0 Å². The maximum absolute atomic E-state index is 12.7. The molecule has 0 spiro atoms. The van der Waals surface area contributed by atoms with Gasteiger partial charge in [-0.05, 0) is 55.0 Å². The van der Waals surface area contributed by atoms with Gasteiger partial charge in [-0.3, -0.25) is 9.36 Å². The molecule has 8 heteroatoms. The van der Waals surface area contributed by atoms with Crippen LogP contribution in [0.4, 0.5) is 5.69 Å². The van der Waals surface area contributed by atoms with Crippen LogP contribution in [0.1, 0.15) is 12.5 Å². The summed E-state index contributed by atoms with van der Waals surface area (Å²) < 4.78 is 7.59. The Hall–Kier alpha value is -3.29. The van der Waals surface area contributed by atoms with Gasteiger partial charge in [0.2, 0.25) is 5.91 Å². The van der Waals surface area contributed by atoms with E-state index in [4.69, 9.17) is 16.3 Å². The molecular weight excluding hydrogens is 444 g/mol. The topological polar surface area (TPSA) is 69.0 Å². The number of halogens is 1. The summed E-state index contributed by atoms with van der Waals surface area (Å²) in [7, 11) is 0. The molecule has 4 aromatic rings. The fourth-order valence-electron chi connectivity index (χ4n) is 2.94. The number of carbonyl (C=O) groups excluding carboxylic acids is 1. The normalized spacial score (nSPS) is 11.7. The number of benzene rings is 3. The van der Waals surface area contributed by atoms with E-state index < -0.39 is 0 Å². The van der Waals surface area contributed by atoms with Crippen molar-refractivity contribution < 1.29 is 9.53 Å². The van der Waals surface area contributed by atoms with Gasteiger partial charge in [-0.25, -0.2) is 0 Å². The second kappa shape index (κ2) is 10.3. The van der Waals surface area contributed by atoms with Crippen LogP contribution >= 0.6 is 23.4 Å². The first-order valence-electron chi connectivity index (χ1n) is 9.99. The van der Waals surface area contributed by atoms with Crippen LogP contribution in [-0.4, -0.2) is 25.9 Å². The largest absolute Gasteiger partial charge is 0.489 e. The average molecular weight is 465 g/mol. The maximum atomic E-state index is 12.7. The Morgan fingerprint density at radius 1 is 1.09 bits per heavy atom. The van der Waals surface area contributed by atoms with Crippen LogP contribution in [0.5, 0.6) is 5.75 Å². The molecule has 1 atom stereocenters. The summed E-state index contributed by atoms with van der Waals surface area (Å²) in [4.78, 5) is 12.7. The molecule has 1 aromatic heterocycles. The zero-order chi connectivity index (χ0) is 22.3. The van der Waals surface area contributed by atoms with Crippen LogP contribution in [0.15, 0.2) is 90.3 Å². The Morgan fingerprint density at radius 3 is 2.62 bits per heavy atom. The molecule has 0 aliphatic heterocycles. The second-order valence-electron chi connectivity index (χ2n) is 7.01. The Morgan fingerprint density at radius 2 is 1.88 bits per heavy atom. The van der Waals surface area contributed by atoms with Crippen LogP contribution in [0.3, 0.4) is 0 Å². The van der Waals surface area contributed by atoms with E-state index in [1.807, 2.05) is 79.7 Å². The van der Waals surface area contributed by atoms with E-state index in [0.717, 1.165) is 17.0 Å². The van der Waals surface area contributed by atoms with Gasteiger partial charge in [-0.2, -0.15) is 0 Å². The minimum Gasteiger partial charge on any atom is -0.489 e. The molecule has 1 amide bonds. The number of rotatable bonds is 8. The van der Waals surface area contributed by atoms with Crippen LogP contribution in [0, 0.1) is 0 Å². The average Bonchev–Trinajstić information content (AvgIpc) is 3.27. The highest BCUT2D eigenvalue weighted by Gasteiger charge is 2.19. The predicted octanol–water partition coefficient (Wildman–Crippen LogP) is 5.62. The van der Waals surface area contributed by atoms with E-state index in [1.54, 1.807) is 17.0 Å². The van der Waals surface area contributed by atoms with Crippen LogP contribution in [0.25, 0.3) is 5.69 Å². The molecule has 32 heavy (non-hydrogen) atoms. The third-order valence-corrected chi connectivity index (χ3v) is 5.92. The van der Waals surface area contributed by atoms with Gasteiger partial charge in [0.1, 0.15) is 18.7 Å². The lowest BCUT2D eigenvalue weighted by atomic mass is 10.2. The molecule has 0 saturated heterocycles. The van der Waals surface area contributed by atoms with Gasteiger partial charge in [-0.1, -0.05) is 59.8 Å². The molecule has 0 saturated carbocycles. The summed E-state index contributed by atoms with van der Waals surface area (Å²) in [6, 6.07) is 24.7. The number of amides is 1. The van der Waals surface area contributed by atoms with Crippen molar-refractivity contribution in [3.05, 3.63) is 95.8 Å². The monoisotopic (exact) mass is 464 g/mol. The maximum Gasteiger partial charge on any atom is 0.237 e. The third kappa shape index (κ3) is 5.69. The third-order valence-electron chi connectivity index (χ3n) is 4.62. The van der Waals surface area contributed by atoms with Gasteiger partial charge in [-0.15, -0.1) is 10.2 Å². The van der Waals surface area contributed by atoms with Crippen LogP contribution in [0.2, 0.25) is 5.02 Å². The molecule has 0 aliphatic carbocycles. The first-order chi connectivity index (χ1) is 15.6. The quantitative estimate of drug-likeness (QED) is 0.343. The number of hydrogen-bond acceptors (Lipinski definition) is 5. The number of thioether (sulfide) groups is 1. The summed E-state index contributed by atoms with van der Waals surface area (Å²) in [6.45, 7) is 2.32. The molecule has 4 rings (SSSR count). The molecule has 1 N–H and O–H groups in total. The lowest BCUT2D eigenvalue weighted by Gasteiger charge is -2.13. The SMILES string of the molecule is CC(Sc1nncn1-c1cccc(Cl)c1)C(=O)Nc1ccc(OCc2ccccc2)cc1. The molecule has 3 aromatic carbocycles. The molecule has 0 aliphatic rings. The summed E-state index contributed by atoms with van der Waals surface area (Å²) in [6.07, 6.45) is 1.60. The Bertz CT molecular complexity index is 1180. The zero-order valence-electron chi connectivity index (χ0n) is 17.3. The van der Waals surface area contributed by atoms with Gasteiger partial charge in [0, 0.05) is 10.7 Å². The molecule has 0 fully saturated rings. The first-order valence-corrected chi connectivity index (χ1v) is 11.2. The highest BCUT2D eigenvalue weighted by Crippen LogP contribution is 2.26. The second-order valence-corrected chi connectivity index (χ2v) is 8.76. The molecule has 0 bridgehead atoms. The number of ether oxygens (including phenoxy) is 1. The minimum absolute atomic E-state index is 0.131. The highest BCUT2D eigenvalue weighted by atomic mass is 35.5. The van der Waals surface area contributed by atoms with Crippen molar-refractivity contribution in [1.82, 2.24) is 14.8 Å². The fraction of sp³-hybridized carbons (Fsp3) is 0.125. The summed E-state index contributed by atoms with van der Waals surface area (Å²) in [5.41, 5.74) is 2.64. The van der Waals surface area contributed by atoms with E-state index in [1.165, 1.54) is 11.8 Å². The standard InChI is InChI=1S/C24H21ClN4O2S/c1-17(32-24-28-26-16-29(24)21-9-5-8-19(25)14-21)23(30)27-20-10-12-22(13-11-20)31-15-18-6-3-2-4-7-18/h2-14,16-17H,15H2,1H3,(H,27,30). The number of nitrogens with zero attached hydrogens (tertiary/aromatic N) is 3.